The Bertz CT molecular complexity index is 101. The fourth-order valence-corrected chi connectivity index (χ4v) is 1.84. The molecule has 0 amide bonds. The van der Waals surface area contributed by atoms with Crippen molar-refractivity contribution in [2.24, 2.45) is 5.73 Å². The van der Waals surface area contributed by atoms with E-state index in [1.807, 2.05) is 0 Å². The third kappa shape index (κ3) is 1.50. The zero-order valence-corrected chi connectivity index (χ0v) is 7.01. The fourth-order valence-electron chi connectivity index (χ4n) is 1.84. The zero-order chi connectivity index (χ0) is 7.56. The van der Waals surface area contributed by atoms with Crippen molar-refractivity contribution in [1.82, 2.24) is 4.90 Å². The van der Waals surface area contributed by atoms with Gasteiger partial charge in [0, 0.05) is 12.1 Å². The summed E-state index contributed by atoms with van der Waals surface area (Å²) in [7, 11) is 0. The quantitative estimate of drug-likeness (QED) is 0.618. The van der Waals surface area contributed by atoms with Gasteiger partial charge in [-0.2, -0.15) is 0 Å². The lowest BCUT2D eigenvalue weighted by Crippen LogP contribution is -2.41. The van der Waals surface area contributed by atoms with Gasteiger partial charge in [-0.05, 0) is 32.9 Å². The van der Waals surface area contributed by atoms with Gasteiger partial charge >= 0.3 is 0 Å². The van der Waals surface area contributed by atoms with E-state index in [9.17, 15) is 0 Å². The van der Waals surface area contributed by atoms with Gasteiger partial charge < -0.3 is 5.73 Å². The first kappa shape index (κ1) is 8.02. The summed E-state index contributed by atoms with van der Waals surface area (Å²) < 4.78 is 0. The lowest BCUT2D eigenvalue weighted by molar-refractivity contribution is 0.242. The van der Waals surface area contributed by atoms with Crippen molar-refractivity contribution in [3.63, 3.8) is 0 Å². The van der Waals surface area contributed by atoms with Gasteiger partial charge in [-0.3, -0.25) is 4.90 Å². The van der Waals surface area contributed by atoms with Crippen LogP contribution in [0.15, 0.2) is 0 Å². The van der Waals surface area contributed by atoms with Gasteiger partial charge in [0.25, 0.3) is 0 Å². The molecule has 2 N–H and O–H groups in total. The molecule has 1 aliphatic rings. The molecule has 1 aliphatic heterocycles. The van der Waals surface area contributed by atoms with Gasteiger partial charge in [-0.15, -0.1) is 0 Å². The highest BCUT2D eigenvalue weighted by molar-refractivity contribution is 4.83. The lowest BCUT2D eigenvalue weighted by Gasteiger charge is -2.25. The number of hydrogen-bond donors (Lipinski definition) is 1. The predicted molar refractivity (Wildman–Crippen MR) is 43.9 cm³/mol. The summed E-state index contributed by atoms with van der Waals surface area (Å²) in [5.41, 5.74) is 5.82. The maximum Gasteiger partial charge on any atom is 0.0244 e. The van der Waals surface area contributed by atoms with Gasteiger partial charge in [0.15, 0.2) is 0 Å². The Kier molecular flexibility index (Phi) is 2.69. The first-order chi connectivity index (χ1) is 4.75. The molecule has 2 atom stereocenters. The Morgan fingerprint density at radius 3 is 2.80 bits per heavy atom. The summed E-state index contributed by atoms with van der Waals surface area (Å²) in [5.74, 6) is 0. The average molecular weight is 142 g/mol. The number of nitrogens with two attached hydrogens (primary N) is 1. The van der Waals surface area contributed by atoms with Crippen LogP contribution in [0, 0.1) is 0 Å². The van der Waals surface area contributed by atoms with Crippen molar-refractivity contribution in [3.05, 3.63) is 0 Å². The lowest BCUT2D eigenvalue weighted by atomic mass is 10.1. The molecule has 0 saturated carbocycles. The Morgan fingerprint density at radius 1 is 1.70 bits per heavy atom. The van der Waals surface area contributed by atoms with Crippen LogP contribution < -0.4 is 5.73 Å². The number of nitrogens with zero attached hydrogens (tertiary/aromatic N) is 1. The van der Waals surface area contributed by atoms with Gasteiger partial charge in [-0.25, -0.2) is 0 Å². The summed E-state index contributed by atoms with van der Waals surface area (Å²) in [6.07, 6.45) is 2.63. The Balaban J connectivity index is 2.42. The van der Waals surface area contributed by atoms with Crippen LogP contribution in [0.25, 0.3) is 0 Å². The molecule has 1 saturated heterocycles. The minimum atomic E-state index is 0.349. The van der Waals surface area contributed by atoms with E-state index in [0.29, 0.717) is 12.1 Å². The largest absolute Gasteiger partial charge is 0.327 e. The molecule has 0 aromatic rings. The van der Waals surface area contributed by atoms with E-state index in [4.69, 9.17) is 5.73 Å². The first-order valence-corrected chi connectivity index (χ1v) is 4.25. The molecule has 10 heavy (non-hydrogen) atoms. The van der Waals surface area contributed by atoms with Gasteiger partial charge in [0.1, 0.15) is 0 Å². The third-order valence-corrected chi connectivity index (χ3v) is 2.43. The second-order valence-corrected chi connectivity index (χ2v) is 3.20. The minimum Gasteiger partial charge on any atom is -0.327 e. The first-order valence-electron chi connectivity index (χ1n) is 4.25. The third-order valence-electron chi connectivity index (χ3n) is 2.43. The second-order valence-electron chi connectivity index (χ2n) is 3.20. The molecule has 1 unspecified atom stereocenters. The molecule has 2 heteroatoms. The van der Waals surface area contributed by atoms with Crippen molar-refractivity contribution in [1.29, 1.82) is 0 Å². The predicted octanol–water partition coefficient (Wildman–Crippen LogP) is 0.818. The molecule has 1 rings (SSSR count). The molecule has 0 radical (unpaired) electrons. The van der Waals surface area contributed by atoms with Crippen LogP contribution in [0.1, 0.15) is 26.7 Å². The van der Waals surface area contributed by atoms with Crippen LogP contribution >= 0.6 is 0 Å². The number of hydrogen-bond acceptors (Lipinski definition) is 2. The van der Waals surface area contributed by atoms with Crippen LogP contribution in [0.3, 0.4) is 0 Å². The van der Waals surface area contributed by atoms with Crippen molar-refractivity contribution in [2.45, 2.75) is 38.8 Å². The van der Waals surface area contributed by atoms with Crippen LogP contribution in [0.4, 0.5) is 0 Å². The van der Waals surface area contributed by atoms with Crippen molar-refractivity contribution >= 4 is 0 Å². The second kappa shape index (κ2) is 3.35. The van der Waals surface area contributed by atoms with E-state index >= 15 is 0 Å². The van der Waals surface area contributed by atoms with Crippen molar-refractivity contribution in [3.8, 4) is 0 Å². The van der Waals surface area contributed by atoms with E-state index in [-0.39, 0.29) is 0 Å². The van der Waals surface area contributed by atoms with Crippen LogP contribution in [-0.2, 0) is 0 Å². The summed E-state index contributed by atoms with van der Waals surface area (Å²) in [6.45, 7) is 6.73. The Morgan fingerprint density at radius 2 is 2.40 bits per heavy atom. The molecule has 0 aromatic heterocycles. The molecule has 0 spiro atoms. The van der Waals surface area contributed by atoms with Crippen molar-refractivity contribution < 1.29 is 0 Å². The Labute approximate surface area is 63.4 Å². The topological polar surface area (TPSA) is 29.3 Å². The minimum absolute atomic E-state index is 0.349. The van der Waals surface area contributed by atoms with E-state index in [1.165, 1.54) is 19.4 Å². The molecule has 0 bridgehead atoms. The fraction of sp³-hybridized carbons (Fsp3) is 1.00. The number of likely N-dealkylation sites (tertiary alicyclic amines) is 1. The van der Waals surface area contributed by atoms with Crippen molar-refractivity contribution in [2.75, 3.05) is 13.1 Å². The van der Waals surface area contributed by atoms with Gasteiger partial charge in [-0.1, -0.05) is 6.92 Å². The van der Waals surface area contributed by atoms with E-state index in [1.54, 1.807) is 0 Å². The summed E-state index contributed by atoms with van der Waals surface area (Å²) in [4.78, 5) is 2.48. The molecule has 0 aromatic carbocycles. The molecule has 2 nitrogen and oxygen atoms in total. The summed E-state index contributed by atoms with van der Waals surface area (Å²) in [5, 5.41) is 0. The molecule has 1 fully saturated rings. The monoisotopic (exact) mass is 142 g/mol. The van der Waals surface area contributed by atoms with E-state index < -0.39 is 0 Å². The maximum atomic E-state index is 5.82. The van der Waals surface area contributed by atoms with Gasteiger partial charge in [0.05, 0.1) is 0 Å². The van der Waals surface area contributed by atoms with Crippen LogP contribution in [0.5, 0.6) is 0 Å². The molecular weight excluding hydrogens is 124 g/mol. The standard InChI is InChI=1S/C8H18N2/c1-3-10-6-4-5-8(10)7(2)9/h7-8H,3-6,9H2,1-2H3/t7?,8-/m1/s1. The maximum absolute atomic E-state index is 5.82. The van der Waals surface area contributed by atoms with E-state index in [2.05, 4.69) is 18.7 Å². The highest BCUT2D eigenvalue weighted by Gasteiger charge is 2.25. The molecular formula is C8H18N2. The molecule has 1 heterocycles. The highest BCUT2D eigenvalue weighted by Crippen LogP contribution is 2.18. The zero-order valence-electron chi connectivity index (χ0n) is 7.01. The Hall–Kier alpha value is -0.0800. The number of rotatable bonds is 2. The summed E-state index contributed by atoms with van der Waals surface area (Å²) in [6, 6.07) is 1.01. The SMILES string of the molecule is CCN1CCC[C@@H]1C(C)N. The normalized spacial score (nSPS) is 30.9. The van der Waals surface area contributed by atoms with Crippen LogP contribution in [-0.4, -0.2) is 30.1 Å². The molecule has 60 valence electrons. The van der Waals surface area contributed by atoms with Gasteiger partial charge in [0.2, 0.25) is 0 Å². The van der Waals surface area contributed by atoms with E-state index in [0.717, 1.165) is 6.54 Å². The molecule has 0 aliphatic carbocycles. The highest BCUT2D eigenvalue weighted by atomic mass is 15.2. The average Bonchev–Trinajstić information content (AvgIpc) is 2.33. The summed E-state index contributed by atoms with van der Waals surface area (Å²) >= 11 is 0. The smallest absolute Gasteiger partial charge is 0.0244 e. The number of likely N-dealkylation sites (N-methyl/N-ethyl adjacent to an activating group) is 1. The van der Waals surface area contributed by atoms with Crippen LogP contribution in [0.2, 0.25) is 0 Å².